The molecule has 2 nitrogen and oxygen atoms in total. The van der Waals surface area contributed by atoms with E-state index in [1.807, 2.05) is 12.4 Å². The third-order valence-electron chi connectivity index (χ3n) is 6.05. The van der Waals surface area contributed by atoms with E-state index >= 15 is 0 Å². The van der Waals surface area contributed by atoms with Gasteiger partial charge in [-0.25, -0.2) is 9.37 Å². The predicted molar refractivity (Wildman–Crippen MR) is 109 cm³/mol. The van der Waals surface area contributed by atoms with E-state index in [0.717, 1.165) is 11.8 Å². The predicted octanol–water partition coefficient (Wildman–Crippen LogP) is 6.47. The Hall–Kier alpha value is -2.16. The largest absolute Gasteiger partial charge is 0.306 e. The summed E-state index contributed by atoms with van der Waals surface area (Å²) in [6, 6.07) is 9.05. The molecule has 3 heteroatoms. The van der Waals surface area contributed by atoms with Gasteiger partial charge in [0.1, 0.15) is 5.82 Å². The van der Waals surface area contributed by atoms with Gasteiger partial charge in [0, 0.05) is 6.20 Å². The molecule has 2 saturated carbocycles. The zero-order valence-electron chi connectivity index (χ0n) is 16.2. The number of halogens is 1. The summed E-state index contributed by atoms with van der Waals surface area (Å²) < 4.78 is 14.5. The molecular formula is C24H29FN2. The summed E-state index contributed by atoms with van der Waals surface area (Å²) in [6.45, 7) is 1.75. The van der Waals surface area contributed by atoms with Crippen molar-refractivity contribution in [2.75, 3.05) is 0 Å². The highest BCUT2D eigenvalue weighted by atomic mass is 19.1. The lowest BCUT2D eigenvalue weighted by Gasteiger charge is -2.23. The van der Waals surface area contributed by atoms with E-state index in [4.69, 9.17) is 0 Å². The molecule has 2 aliphatic carbocycles. The molecule has 2 aliphatic rings. The maximum Gasteiger partial charge on any atom is 0.126 e. The van der Waals surface area contributed by atoms with Crippen molar-refractivity contribution in [1.29, 1.82) is 0 Å². The number of imidazole rings is 1. The number of benzene rings is 1. The van der Waals surface area contributed by atoms with Gasteiger partial charge in [-0.05, 0) is 66.8 Å². The van der Waals surface area contributed by atoms with Crippen LogP contribution in [-0.2, 0) is 6.42 Å². The second-order valence-corrected chi connectivity index (χ2v) is 8.17. The molecule has 2 heterocycles. The summed E-state index contributed by atoms with van der Waals surface area (Å²) in [4.78, 5) is 4.34. The molecule has 27 heavy (non-hydrogen) atoms. The molecule has 0 saturated heterocycles. The Morgan fingerprint density at radius 3 is 2.48 bits per heavy atom. The average Bonchev–Trinajstić information content (AvgIpc) is 3.42. The summed E-state index contributed by atoms with van der Waals surface area (Å²) in [5.74, 6) is 1.62. The standard InChI is InChI=1S/C17H22N2.C7H7F/c1-2-4-13(5-3-1)10-16-15(14-6-7-14)8-9-19-12-18-11-17(16)19;1-6-4-2-3-5-7(6)8/h8-9,11-14H,1-7,10H2;2-5H,1H3. The van der Waals surface area contributed by atoms with Crippen molar-refractivity contribution >= 4 is 5.52 Å². The summed E-state index contributed by atoms with van der Waals surface area (Å²) >= 11 is 0. The zero-order valence-corrected chi connectivity index (χ0v) is 16.2. The number of nitrogens with zero attached hydrogens (tertiary/aromatic N) is 2. The molecule has 2 fully saturated rings. The van der Waals surface area contributed by atoms with Gasteiger partial charge in [-0.1, -0.05) is 50.3 Å². The molecule has 0 spiro atoms. The van der Waals surface area contributed by atoms with Crippen LogP contribution in [0.5, 0.6) is 0 Å². The molecule has 0 amide bonds. The van der Waals surface area contributed by atoms with E-state index in [1.165, 1.54) is 62.9 Å². The van der Waals surface area contributed by atoms with Gasteiger partial charge in [0.25, 0.3) is 0 Å². The van der Waals surface area contributed by atoms with Crippen LogP contribution in [0.4, 0.5) is 4.39 Å². The lowest BCUT2D eigenvalue weighted by atomic mass is 9.83. The van der Waals surface area contributed by atoms with Crippen LogP contribution in [0, 0.1) is 18.7 Å². The molecule has 2 aromatic heterocycles. The first-order valence-electron chi connectivity index (χ1n) is 10.4. The third kappa shape index (κ3) is 4.40. The first kappa shape index (κ1) is 18.2. The average molecular weight is 365 g/mol. The Labute approximate surface area is 161 Å². The number of aryl methyl sites for hydroxylation is 1. The second-order valence-electron chi connectivity index (χ2n) is 8.17. The molecule has 0 N–H and O–H groups in total. The van der Waals surface area contributed by atoms with Crippen molar-refractivity contribution in [2.24, 2.45) is 5.92 Å². The van der Waals surface area contributed by atoms with Crippen LogP contribution in [0.3, 0.4) is 0 Å². The topological polar surface area (TPSA) is 17.3 Å². The summed E-state index contributed by atoms with van der Waals surface area (Å²) in [6.07, 6.45) is 17.4. The van der Waals surface area contributed by atoms with Crippen molar-refractivity contribution < 1.29 is 4.39 Å². The van der Waals surface area contributed by atoms with Crippen molar-refractivity contribution in [1.82, 2.24) is 9.38 Å². The van der Waals surface area contributed by atoms with Gasteiger partial charge < -0.3 is 4.40 Å². The Bertz CT molecular complexity index is 867. The van der Waals surface area contributed by atoms with Crippen LogP contribution in [0.2, 0.25) is 0 Å². The van der Waals surface area contributed by atoms with Crippen molar-refractivity contribution in [3.05, 3.63) is 71.6 Å². The highest BCUT2D eigenvalue weighted by Crippen LogP contribution is 2.43. The summed E-state index contributed by atoms with van der Waals surface area (Å²) in [5, 5.41) is 0. The monoisotopic (exact) mass is 364 g/mol. The van der Waals surface area contributed by atoms with Gasteiger partial charge in [0.05, 0.1) is 18.0 Å². The minimum Gasteiger partial charge on any atom is -0.306 e. The van der Waals surface area contributed by atoms with Gasteiger partial charge in [0.2, 0.25) is 0 Å². The quantitative estimate of drug-likeness (QED) is 0.521. The Balaban J connectivity index is 0.000000190. The van der Waals surface area contributed by atoms with Crippen molar-refractivity contribution in [3.8, 4) is 0 Å². The Morgan fingerprint density at radius 1 is 1.04 bits per heavy atom. The minimum absolute atomic E-state index is 0.132. The molecule has 0 radical (unpaired) electrons. The molecule has 5 rings (SSSR count). The lowest BCUT2D eigenvalue weighted by Crippen LogP contribution is -2.11. The third-order valence-corrected chi connectivity index (χ3v) is 6.05. The van der Waals surface area contributed by atoms with Gasteiger partial charge in [0.15, 0.2) is 0 Å². The van der Waals surface area contributed by atoms with Crippen LogP contribution in [0.25, 0.3) is 5.52 Å². The summed E-state index contributed by atoms with van der Waals surface area (Å²) in [7, 11) is 0. The number of aromatic nitrogens is 2. The van der Waals surface area contributed by atoms with Crippen LogP contribution in [-0.4, -0.2) is 9.38 Å². The van der Waals surface area contributed by atoms with E-state index in [2.05, 4.69) is 27.8 Å². The highest BCUT2D eigenvalue weighted by Gasteiger charge is 2.28. The molecule has 142 valence electrons. The van der Waals surface area contributed by atoms with E-state index < -0.39 is 0 Å². The van der Waals surface area contributed by atoms with Gasteiger partial charge in [-0.2, -0.15) is 0 Å². The fourth-order valence-corrected chi connectivity index (χ4v) is 4.30. The number of fused-ring (bicyclic) bond motifs is 1. The zero-order chi connectivity index (χ0) is 18.6. The fraction of sp³-hybridized carbons (Fsp3) is 0.458. The van der Waals surface area contributed by atoms with Crippen molar-refractivity contribution in [2.45, 2.75) is 64.2 Å². The second kappa shape index (κ2) is 8.24. The maximum atomic E-state index is 12.3. The molecule has 1 aromatic carbocycles. The maximum absolute atomic E-state index is 12.3. The number of pyridine rings is 1. The number of hydrogen-bond donors (Lipinski definition) is 0. The van der Waals surface area contributed by atoms with Gasteiger partial charge in [-0.15, -0.1) is 0 Å². The molecular weight excluding hydrogens is 335 g/mol. The summed E-state index contributed by atoms with van der Waals surface area (Å²) in [5.41, 5.74) is 5.29. The molecule has 0 bridgehead atoms. The molecule has 0 atom stereocenters. The number of hydrogen-bond acceptors (Lipinski definition) is 1. The Morgan fingerprint density at radius 2 is 1.81 bits per heavy atom. The molecule has 3 aromatic rings. The lowest BCUT2D eigenvalue weighted by molar-refractivity contribution is 0.356. The smallest absolute Gasteiger partial charge is 0.126 e. The number of rotatable bonds is 3. The SMILES string of the molecule is Cc1ccccc1F.c1cn2cncc2c(CC2CCCCC2)c1C1CC1. The van der Waals surface area contributed by atoms with Gasteiger partial charge >= 0.3 is 0 Å². The van der Waals surface area contributed by atoms with E-state index in [9.17, 15) is 4.39 Å². The highest BCUT2D eigenvalue weighted by molar-refractivity contribution is 5.58. The Kier molecular flexibility index (Phi) is 5.56. The molecule has 0 unspecified atom stereocenters. The van der Waals surface area contributed by atoms with E-state index in [-0.39, 0.29) is 5.82 Å². The van der Waals surface area contributed by atoms with Crippen molar-refractivity contribution in [3.63, 3.8) is 0 Å². The first-order valence-corrected chi connectivity index (χ1v) is 10.4. The fourth-order valence-electron chi connectivity index (χ4n) is 4.30. The van der Waals surface area contributed by atoms with Crippen LogP contribution < -0.4 is 0 Å². The minimum atomic E-state index is -0.132. The van der Waals surface area contributed by atoms with Crippen LogP contribution >= 0.6 is 0 Å². The molecule has 0 aliphatic heterocycles. The van der Waals surface area contributed by atoms with E-state index in [0.29, 0.717) is 5.56 Å². The van der Waals surface area contributed by atoms with Crippen LogP contribution in [0.15, 0.2) is 49.1 Å². The first-order chi connectivity index (χ1) is 13.2. The van der Waals surface area contributed by atoms with Crippen LogP contribution in [0.1, 0.15) is 67.6 Å². The normalized spacial score (nSPS) is 17.6. The van der Waals surface area contributed by atoms with E-state index in [1.54, 1.807) is 30.2 Å². The van der Waals surface area contributed by atoms with Gasteiger partial charge in [-0.3, -0.25) is 0 Å².